The van der Waals surface area contributed by atoms with E-state index < -0.39 is 0 Å². The Hall–Kier alpha value is -1.32. The van der Waals surface area contributed by atoms with Gasteiger partial charge in [-0.05, 0) is 30.6 Å². The van der Waals surface area contributed by atoms with Gasteiger partial charge in [-0.1, -0.05) is 6.58 Å². The Kier molecular flexibility index (Phi) is 2.45. The van der Waals surface area contributed by atoms with Crippen molar-refractivity contribution in [3.63, 3.8) is 0 Å². The molecule has 1 aliphatic heterocycles. The molecule has 17 heavy (non-hydrogen) atoms. The summed E-state index contributed by atoms with van der Waals surface area (Å²) in [5, 5.41) is 0. The molecule has 1 saturated heterocycles. The molecule has 3 fully saturated rings. The first-order chi connectivity index (χ1) is 8.20. The molecule has 3 aliphatic rings. The predicted molar refractivity (Wildman–Crippen MR) is 58.8 cm³/mol. The smallest absolute Gasteiger partial charge is 0.330 e. The van der Waals surface area contributed by atoms with Crippen LogP contribution in [0, 0.1) is 29.6 Å². The molecule has 4 nitrogen and oxygen atoms in total. The van der Waals surface area contributed by atoms with Gasteiger partial charge in [-0.3, -0.25) is 4.79 Å². The van der Waals surface area contributed by atoms with Crippen LogP contribution in [0.1, 0.15) is 12.8 Å². The van der Waals surface area contributed by atoms with Crippen LogP contribution in [-0.4, -0.2) is 25.2 Å². The van der Waals surface area contributed by atoms with E-state index in [1.165, 1.54) is 6.08 Å². The summed E-state index contributed by atoms with van der Waals surface area (Å²) in [4.78, 5) is 22.7. The average Bonchev–Trinajstić information content (AvgIpc) is 2.98. The largest absolute Gasteiger partial charge is 0.465 e. The molecule has 0 amide bonds. The number of rotatable bonds is 3. The molecule has 2 saturated carbocycles. The first-order valence-corrected chi connectivity index (χ1v) is 6.16. The molecule has 5 unspecified atom stereocenters. The zero-order chi connectivity index (χ0) is 12.0. The second kappa shape index (κ2) is 3.86. The zero-order valence-corrected chi connectivity index (χ0v) is 9.63. The normalized spacial score (nSPS) is 42.1. The fraction of sp³-hybridized carbons (Fsp3) is 0.692. The minimum absolute atomic E-state index is 0.0396. The molecule has 92 valence electrons. The Morgan fingerprint density at radius 2 is 2.29 bits per heavy atom. The van der Waals surface area contributed by atoms with Gasteiger partial charge in [0.2, 0.25) is 0 Å². The van der Waals surface area contributed by atoms with Gasteiger partial charge in [0.1, 0.15) is 0 Å². The Morgan fingerprint density at radius 1 is 1.47 bits per heavy atom. The van der Waals surface area contributed by atoms with Crippen LogP contribution in [0.3, 0.4) is 0 Å². The quantitative estimate of drug-likeness (QED) is 0.545. The van der Waals surface area contributed by atoms with Crippen molar-refractivity contribution in [1.82, 2.24) is 0 Å². The first-order valence-electron chi connectivity index (χ1n) is 6.16. The van der Waals surface area contributed by atoms with Crippen molar-refractivity contribution >= 4 is 11.9 Å². The van der Waals surface area contributed by atoms with Gasteiger partial charge < -0.3 is 9.47 Å². The standard InChI is InChI=1S/C13H16O4/c1-2-11(14)16-5-8-3-7-4-9(8)12-10(7)6-17-13(12)15/h2,7-10,12H,1,3-6H2. The van der Waals surface area contributed by atoms with E-state index in [9.17, 15) is 9.59 Å². The highest BCUT2D eigenvalue weighted by Crippen LogP contribution is 2.57. The molecule has 0 spiro atoms. The SMILES string of the molecule is C=CC(=O)OCC1CC2CC1C1C(=O)OCC21. The molecular weight excluding hydrogens is 220 g/mol. The molecule has 2 bridgehead atoms. The molecule has 5 atom stereocenters. The van der Waals surface area contributed by atoms with Crippen molar-refractivity contribution in [1.29, 1.82) is 0 Å². The van der Waals surface area contributed by atoms with E-state index >= 15 is 0 Å². The minimum atomic E-state index is -0.377. The third kappa shape index (κ3) is 1.58. The van der Waals surface area contributed by atoms with Crippen molar-refractivity contribution < 1.29 is 19.1 Å². The third-order valence-corrected chi connectivity index (χ3v) is 4.61. The van der Waals surface area contributed by atoms with Gasteiger partial charge in [0.05, 0.1) is 19.1 Å². The summed E-state index contributed by atoms with van der Waals surface area (Å²) < 4.78 is 10.2. The van der Waals surface area contributed by atoms with E-state index in [4.69, 9.17) is 9.47 Å². The van der Waals surface area contributed by atoms with Gasteiger partial charge in [-0.2, -0.15) is 0 Å². The number of carbonyl (C=O) groups excluding carboxylic acids is 2. The summed E-state index contributed by atoms with van der Waals surface area (Å²) in [7, 11) is 0. The Labute approximate surface area is 100.0 Å². The zero-order valence-electron chi connectivity index (χ0n) is 9.63. The van der Waals surface area contributed by atoms with E-state index in [0.717, 1.165) is 12.8 Å². The monoisotopic (exact) mass is 236 g/mol. The molecule has 3 rings (SSSR count). The van der Waals surface area contributed by atoms with E-state index in [1.807, 2.05) is 0 Å². The Morgan fingerprint density at radius 3 is 3.06 bits per heavy atom. The van der Waals surface area contributed by atoms with Crippen molar-refractivity contribution in [2.24, 2.45) is 29.6 Å². The maximum atomic E-state index is 11.6. The Balaban J connectivity index is 1.65. The predicted octanol–water partition coefficient (Wildman–Crippen LogP) is 1.16. The lowest BCUT2D eigenvalue weighted by molar-refractivity contribution is -0.143. The lowest BCUT2D eigenvalue weighted by Gasteiger charge is -2.27. The highest BCUT2D eigenvalue weighted by atomic mass is 16.5. The van der Waals surface area contributed by atoms with Crippen LogP contribution in [0.15, 0.2) is 12.7 Å². The molecule has 1 heterocycles. The van der Waals surface area contributed by atoms with Crippen LogP contribution < -0.4 is 0 Å². The molecule has 0 aromatic rings. The minimum Gasteiger partial charge on any atom is -0.465 e. The maximum absolute atomic E-state index is 11.6. The number of fused-ring (bicyclic) bond motifs is 5. The topological polar surface area (TPSA) is 52.6 Å². The molecule has 0 aromatic carbocycles. The number of carbonyl (C=O) groups is 2. The van der Waals surface area contributed by atoms with Crippen molar-refractivity contribution in [2.75, 3.05) is 13.2 Å². The van der Waals surface area contributed by atoms with Crippen LogP contribution in [0.2, 0.25) is 0 Å². The van der Waals surface area contributed by atoms with E-state index in [1.54, 1.807) is 0 Å². The first kappa shape index (κ1) is 10.8. The van der Waals surface area contributed by atoms with E-state index in [0.29, 0.717) is 36.9 Å². The summed E-state index contributed by atoms with van der Waals surface area (Å²) in [6, 6.07) is 0. The van der Waals surface area contributed by atoms with Crippen molar-refractivity contribution in [3.05, 3.63) is 12.7 Å². The lowest BCUT2D eigenvalue weighted by atomic mass is 9.76. The maximum Gasteiger partial charge on any atom is 0.330 e. The fourth-order valence-corrected chi connectivity index (χ4v) is 3.91. The lowest BCUT2D eigenvalue weighted by Crippen LogP contribution is -2.31. The van der Waals surface area contributed by atoms with E-state index in [2.05, 4.69) is 6.58 Å². The molecule has 4 heteroatoms. The van der Waals surface area contributed by atoms with Gasteiger partial charge in [0.15, 0.2) is 0 Å². The Bertz CT molecular complexity index is 376. The number of hydrogen-bond donors (Lipinski definition) is 0. The van der Waals surface area contributed by atoms with Crippen molar-refractivity contribution in [2.45, 2.75) is 12.8 Å². The van der Waals surface area contributed by atoms with Crippen LogP contribution >= 0.6 is 0 Å². The molecule has 0 N–H and O–H groups in total. The highest BCUT2D eigenvalue weighted by Gasteiger charge is 2.58. The van der Waals surface area contributed by atoms with Gasteiger partial charge in [0, 0.05) is 12.0 Å². The summed E-state index contributed by atoms with van der Waals surface area (Å²) in [6.45, 7) is 4.39. The van der Waals surface area contributed by atoms with Crippen LogP contribution in [0.4, 0.5) is 0 Å². The summed E-state index contributed by atoms with van der Waals surface area (Å²) in [5.41, 5.74) is 0. The molecule has 2 aliphatic carbocycles. The van der Waals surface area contributed by atoms with Gasteiger partial charge in [0.25, 0.3) is 0 Å². The number of ether oxygens (including phenoxy) is 2. The second-order valence-corrected chi connectivity index (χ2v) is 5.31. The highest BCUT2D eigenvalue weighted by molar-refractivity contribution is 5.81. The molecular formula is C13H16O4. The van der Waals surface area contributed by atoms with Gasteiger partial charge >= 0.3 is 11.9 Å². The number of esters is 2. The molecule has 0 radical (unpaired) electrons. The second-order valence-electron chi connectivity index (χ2n) is 5.31. The van der Waals surface area contributed by atoms with Crippen LogP contribution in [0.25, 0.3) is 0 Å². The summed E-state index contributed by atoms with van der Waals surface area (Å²) >= 11 is 0. The number of cyclic esters (lactones) is 1. The van der Waals surface area contributed by atoms with Gasteiger partial charge in [-0.15, -0.1) is 0 Å². The van der Waals surface area contributed by atoms with Crippen LogP contribution in [-0.2, 0) is 19.1 Å². The van der Waals surface area contributed by atoms with Gasteiger partial charge in [-0.25, -0.2) is 4.79 Å². The summed E-state index contributed by atoms with van der Waals surface area (Å²) in [5.74, 6) is 1.36. The molecule has 0 aromatic heterocycles. The number of hydrogen-bond acceptors (Lipinski definition) is 4. The van der Waals surface area contributed by atoms with Crippen molar-refractivity contribution in [3.8, 4) is 0 Å². The summed E-state index contributed by atoms with van der Waals surface area (Å²) in [6.07, 6.45) is 3.34. The van der Waals surface area contributed by atoms with Crippen LogP contribution in [0.5, 0.6) is 0 Å². The fourth-order valence-electron chi connectivity index (χ4n) is 3.91. The van der Waals surface area contributed by atoms with E-state index in [-0.39, 0.29) is 17.9 Å². The third-order valence-electron chi connectivity index (χ3n) is 4.61. The average molecular weight is 236 g/mol.